The van der Waals surface area contributed by atoms with Crippen LogP contribution in [0.3, 0.4) is 0 Å². The molecule has 1 fully saturated rings. The minimum atomic E-state index is -0.254. The molecular formula is C19H23N3O3S. The number of anilines is 1. The number of aryl methyl sites for hydroxylation is 1. The zero-order valence-corrected chi connectivity index (χ0v) is 15.3. The molecule has 4 N–H and O–H groups in total. The molecule has 2 aromatic rings. The first-order chi connectivity index (χ1) is 12.6. The molecule has 1 atom stereocenters. The summed E-state index contributed by atoms with van der Waals surface area (Å²) in [6.07, 6.45) is 3.06. The normalized spacial score (nSPS) is 22.2. The van der Waals surface area contributed by atoms with Gasteiger partial charge in [0.2, 0.25) is 5.91 Å². The van der Waals surface area contributed by atoms with Gasteiger partial charge in [-0.1, -0.05) is 6.07 Å². The van der Waals surface area contributed by atoms with Crippen molar-refractivity contribution in [3.63, 3.8) is 0 Å². The Hall–Kier alpha value is -2.12. The van der Waals surface area contributed by atoms with Crippen LogP contribution in [0.15, 0.2) is 23.6 Å². The lowest BCUT2D eigenvalue weighted by atomic mass is 9.74. The lowest BCUT2D eigenvalue weighted by Gasteiger charge is -2.38. The number of carbonyl (C=O) groups is 1. The maximum absolute atomic E-state index is 12.5. The second kappa shape index (κ2) is 7.25. The molecule has 6 nitrogen and oxygen atoms in total. The first-order valence-corrected chi connectivity index (χ1v) is 9.89. The fraction of sp³-hybridized carbons (Fsp3) is 0.474. The van der Waals surface area contributed by atoms with Crippen molar-refractivity contribution in [1.29, 1.82) is 0 Å². The van der Waals surface area contributed by atoms with E-state index in [1.807, 2.05) is 17.5 Å². The number of nitrogen functional groups attached to an aromatic ring is 1. The number of thiazole rings is 1. The number of rotatable bonds is 6. The third-order valence-corrected chi connectivity index (χ3v) is 5.91. The van der Waals surface area contributed by atoms with E-state index in [0.29, 0.717) is 24.6 Å². The first-order valence-electron chi connectivity index (χ1n) is 9.01. The summed E-state index contributed by atoms with van der Waals surface area (Å²) in [5.74, 6) is 1.21. The van der Waals surface area contributed by atoms with Gasteiger partial charge < -0.3 is 20.9 Å². The third-order valence-electron chi connectivity index (χ3n) is 5.19. The molecule has 4 rings (SSSR count). The Bertz CT molecular complexity index is 801. The van der Waals surface area contributed by atoms with Crippen molar-refractivity contribution in [2.75, 3.05) is 12.3 Å². The second-order valence-corrected chi connectivity index (χ2v) is 7.96. The Morgan fingerprint density at radius 2 is 2.31 bits per heavy atom. The van der Waals surface area contributed by atoms with Crippen LogP contribution in [-0.4, -0.2) is 28.7 Å². The van der Waals surface area contributed by atoms with Gasteiger partial charge in [-0.3, -0.25) is 4.79 Å². The quantitative estimate of drug-likeness (QED) is 0.721. The summed E-state index contributed by atoms with van der Waals surface area (Å²) in [6, 6.07) is 6.08. The van der Waals surface area contributed by atoms with Gasteiger partial charge in [0, 0.05) is 18.2 Å². The van der Waals surface area contributed by atoms with Gasteiger partial charge in [-0.15, -0.1) is 11.3 Å². The number of nitrogens with zero attached hydrogens (tertiary/aromatic N) is 1. The average Bonchev–Trinajstić information content (AvgIpc) is 3.23. The van der Waals surface area contributed by atoms with Crippen molar-refractivity contribution < 1.29 is 14.6 Å². The molecule has 2 heterocycles. The summed E-state index contributed by atoms with van der Waals surface area (Å²) in [4.78, 5) is 16.7. The van der Waals surface area contributed by atoms with Crippen LogP contribution < -0.4 is 15.8 Å². The first kappa shape index (κ1) is 17.3. The molecule has 26 heavy (non-hydrogen) atoms. The molecule has 1 aliphatic carbocycles. The highest BCUT2D eigenvalue weighted by atomic mass is 32.1. The Morgan fingerprint density at radius 1 is 1.46 bits per heavy atom. The lowest BCUT2D eigenvalue weighted by molar-refractivity contribution is -0.123. The molecule has 7 heteroatoms. The average molecular weight is 373 g/mol. The van der Waals surface area contributed by atoms with Crippen LogP contribution in [0.25, 0.3) is 0 Å². The number of benzene rings is 1. The smallest absolute Gasteiger partial charge is 0.220 e. The predicted octanol–water partition coefficient (Wildman–Crippen LogP) is 2.22. The van der Waals surface area contributed by atoms with Gasteiger partial charge in [0.05, 0.1) is 24.4 Å². The number of aliphatic hydroxyl groups is 1. The molecule has 2 aliphatic rings. The van der Waals surface area contributed by atoms with Crippen LogP contribution >= 0.6 is 11.3 Å². The number of aliphatic hydroxyl groups excluding tert-OH is 1. The van der Waals surface area contributed by atoms with Gasteiger partial charge in [-0.25, -0.2) is 4.98 Å². The lowest BCUT2D eigenvalue weighted by Crippen LogP contribution is -2.41. The largest absolute Gasteiger partial charge is 0.493 e. The number of fused-ring (bicyclic) bond motifs is 1. The molecule has 0 bridgehead atoms. The van der Waals surface area contributed by atoms with Crippen molar-refractivity contribution in [3.8, 4) is 5.75 Å². The highest BCUT2D eigenvalue weighted by Crippen LogP contribution is 2.39. The second-order valence-electron chi connectivity index (χ2n) is 7.07. The maximum Gasteiger partial charge on any atom is 0.220 e. The molecule has 1 aliphatic heterocycles. The molecule has 0 radical (unpaired) electrons. The highest BCUT2D eigenvalue weighted by Gasteiger charge is 2.36. The number of nitrogens with two attached hydrogens (primary N) is 1. The van der Waals surface area contributed by atoms with Crippen molar-refractivity contribution >= 4 is 22.4 Å². The van der Waals surface area contributed by atoms with E-state index in [4.69, 9.17) is 10.5 Å². The fourth-order valence-electron chi connectivity index (χ4n) is 3.70. The molecule has 0 saturated heterocycles. The van der Waals surface area contributed by atoms with Crippen molar-refractivity contribution in [2.24, 2.45) is 5.92 Å². The van der Waals surface area contributed by atoms with Crippen LogP contribution in [0.4, 0.5) is 5.13 Å². The topological polar surface area (TPSA) is 97.5 Å². The highest BCUT2D eigenvalue weighted by molar-refractivity contribution is 7.13. The number of ether oxygens (including phenoxy) is 1. The standard InChI is InChI=1S/C19H23N3O3S/c20-19-21-14(10-26-19)2-4-17(24)22-18(13-8-15(23)9-13)12-1-3-16-11(7-12)5-6-25-16/h1,3,7,10,13,15,18,23H,2,4-6,8-9H2,(H2,20,21)(H,22,24)/t13?,15?,18-/m1/s1. The minimum Gasteiger partial charge on any atom is -0.493 e. The van der Waals surface area contributed by atoms with Crippen LogP contribution in [0, 0.1) is 5.92 Å². The van der Waals surface area contributed by atoms with E-state index in [1.165, 1.54) is 16.9 Å². The number of amides is 1. The van der Waals surface area contributed by atoms with Crippen molar-refractivity contribution in [1.82, 2.24) is 10.3 Å². The van der Waals surface area contributed by atoms with E-state index < -0.39 is 0 Å². The van der Waals surface area contributed by atoms with Crippen LogP contribution in [0.5, 0.6) is 5.75 Å². The van der Waals surface area contributed by atoms with Crippen LogP contribution in [0.1, 0.15) is 42.1 Å². The molecule has 1 amide bonds. The van der Waals surface area contributed by atoms with E-state index >= 15 is 0 Å². The predicted molar refractivity (Wildman–Crippen MR) is 100 cm³/mol. The van der Waals surface area contributed by atoms with E-state index in [2.05, 4.69) is 16.4 Å². The van der Waals surface area contributed by atoms with Gasteiger partial charge in [-0.05, 0) is 48.4 Å². The van der Waals surface area contributed by atoms with Crippen LogP contribution in [-0.2, 0) is 17.6 Å². The summed E-state index contributed by atoms with van der Waals surface area (Å²) in [5.41, 5.74) is 8.78. The summed E-state index contributed by atoms with van der Waals surface area (Å²) in [5, 5.41) is 15.3. The van der Waals surface area contributed by atoms with E-state index in [9.17, 15) is 9.90 Å². The van der Waals surface area contributed by atoms with Crippen molar-refractivity contribution in [3.05, 3.63) is 40.4 Å². The third kappa shape index (κ3) is 3.68. The SMILES string of the molecule is Nc1nc(CCC(=O)N[C@H](c2ccc3c(c2)CCO3)C2CC(O)C2)cs1. The zero-order chi connectivity index (χ0) is 18.1. The van der Waals surface area contributed by atoms with Gasteiger partial charge in [-0.2, -0.15) is 0 Å². The fourth-order valence-corrected chi connectivity index (χ4v) is 4.30. The molecule has 138 valence electrons. The van der Waals surface area contributed by atoms with Gasteiger partial charge in [0.1, 0.15) is 5.75 Å². The number of hydrogen-bond donors (Lipinski definition) is 3. The van der Waals surface area contributed by atoms with E-state index in [-0.39, 0.29) is 24.0 Å². The molecule has 1 aromatic heterocycles. The number of hydrogen-bond acceptors (Lipinski definition) is 6. The summed E-state index contributed by atoms with van der Waals surface area (Å²) in [6.45, 7) is 0.717. The number of carbonyl (C=O) groups excluding carboxylic acids is 1. The van der Waals surface area contributed by atoms with Gasteiger partial charge >= 0.3 is 0 Å². The monoisotopic (exact) mass is 373 g/mol. The molecule has 1 aromatic carbocycles. The van der Waals surface area contributed by atoms with Gasteiger partial charge in [0.15, 0.2) is 5.13 Å². The molecular weight excluding hydrogens is 350 g/mol. The summed E-state index contributed by atoms with van der Waals surface area (Å²) < 4.78 is 5.58. The van der Waals surface area contributed by atoms with Crippen molar-refractivity contribution in [2.45, 2.75) is 44.2 Å². The van der Waals surface area contributed by atoms with E-state index in [0.717, 1.165) is 36.3 Å². The Balaban J connectivity index is 1.44. The van der Waals surface area contributed by atoms with Gasteiger partial charge in [0.25, 0.3) is 0 Å². The van der Waals surface area contributed by atoms with E-state index in [1.54, 1.807) is 0 Å². The maximum atomic E-state index is 12.5. The zero-order valence-electron chi connectivity index (χ0n) is 14.5. The Morgan fingerprint density at radius 3 is 3.04 bits per heavy atom. The summed E-state index contributed by atoms with van der Waals surface area (Å²) in [7, 11) is 0. The Labute approximate surface area is 156 Å². The summed E-state index contributed by atoms with van der Waals surface area (Å²) >= 11 is 1.39. The number of aromatic nitrogens is 1. The van der Waals surface area contributed by atoms with Crippen LogP contribution in [0.2, 0.25) is 0 Å². The number of nitrogens with one attached hydrogen (secondary N) is 1. The Kier molecular flexibility index (Phi) is 4.82. The molecule has 0 spiro atoms. The molecule has 1 saturated carbocycles. The molecule has 0 unspecified atom stereocenters. The minimum absolute atomic E-state index is 0.000269.